The van der Waals surface area contributed by atoms with Gasteiger partial charge >= 0.3 is 0 Å². The molecule has 1 rings (SSSR count). The highest BCUT2D eigenvalue weighted by atomic mass is 32.2. The predicted octanol–water partition coefficient (Wildman–Crippen LogP) is 0.197. The van der Waals surface area contributed by atoms with Crippen LogP contribution in [0.5, 0.6) is 0 Å². The second-order valence-electron chi connectivity index (χ2n) is 4.50. The van der Waals surface area contributed by atoms with Crippen molar-refractivity contribution >= 4 is 17.7 Å². The molecule has 0 fully saturated rings. The third-order valence-electron chi connectivity index (χ3n) is 2.63. The highest BCUT2D eigenvalue weighted by Gasteiger charge is 2.28. The van der Waals surface area contributed by atoms with Crippen molar-refractivity contribution in [1.82, 2.24) is 14.8 Å². The number of rotatable bonds is 5. The number of thioether (sulfide) groups is 1. The van der Waals surface area contributed by atoms with Crippen LogP contribution >= 0.6 is 11.8 Å². The van der Waals surface area contributed by atoms with Crippen LogP contribution in [0.4, 0.5) is 0 Å². The molecule has 0 spiro atoms. The number of amides is 1. The van der Waals surface area contributed by atoms with E-state index < -0.39 is 11.4 Å². The molecule has 2 unspecified atom stereocenters. The van der Waals surface area contributed by atoms with Crippen LogP contribution in [0.1, 0.15) is 26.1 Å². The molecule has 1 heterocycles. The number of carbonyl (C=O) groups excluding carboxylic acids is 1. The lowest BCUT2D eigenvalue weighted by molar-refractivity contribution is -0.122. The van der Waals surface area contributed by atoms with Crippen molar-refractivity contribution < 1.29 is 4.79 Å². The fraction of sp³-hybridized carbons (Fsp3) is 0.700. The second kappa shape index (κ2) is 5.05. The molecule has 0 bridgehead atoms. The van der Waals surface area contributed by atoms with Crippen molar-refractivity contribution in [3.8, 4) is 0 Å². The fourth-order valence-electron chi connectivity index (χ4n) is 1.41. The van der Waals surface area contributed by atoms with E-state index in [9.17, 15) is 4.79 Å². The molecule has 1 aromatic heterocycles. The van der Waals surface area contributed by atoms with Crippen LogP contribution in [-0.2, 0) is 11.8 Å². The van der Waals surface area contributed by atoms with Crippen LogP contribution in [0.15, 0.2) is 5.16 Å². The lowest BCUT2D eigenvalue weighted by Crippen LogP contribution is -2.50. The number of nitrogens with zero attached hydrogens (tertiary/aromatic N) is 3. The molecule has 6 nitrogen and oxygen atoms in total. The van der Waals surface area contributed by atoms with Gasteiger partial charge in [-0.2, -0.15) is 0 Å². The first-order chi connectivity index (χ1) is 7.74. The van der Waals surface area contributed by atoms with E-state index in [1.807, 2.05) is 25.5 Å². The fourth-order valence-corrected chi connectivity index (χ4v) is 2.58. The first-order valence-electron chi connectivity index (χ1n) is 5.35. The molecule has 0 aromatic carbocycles. The summed E-state index contributed by atoms with van der Waals surface area (Å²) in [5.74, 6) is 0.365. The summed E-state index contributed by atoms with van der Waals surface area (Å²) >= 11 is 1.54. The van der Waals surface area contributed by atoms with E-state index in [-0.39, 0.29) is 5.25 Å². The molecule has 0 aliphatic carbocycles. The molecule has 4 N–H and O–H groups in total. The SMILES string of the molecule is Cc1nnc(SC(C)CC(C)(N)C(N)=O)n1C. The van der Waals surface area contributed by atoms with Crippen LogP contribution in [0.25, 0.3) is 0 Å². The number of hydrogen-bond acceptors (Lipinski definition) is 5. The van der Waals surface area contributed by atoms with Crippen LogP contribution in [0.3, 0.4) is 0 Å². The Kier molecular flexibility index (Phi) is 4.16. The monoisotopic (exact) mass is 257 g/mol. The van der Waals surface area contributed by atoms with Crippen LogP contribution in [0, 0.1) is 6.92 Å². The number of hydrogen-bond donors (Lipinski definition) is 2. The van der Waals surface area contributed by atoms with Gasteiger partial charge < -0.3 is 16.0 Å². The Bertz CT molecular complexity index is 415. The summed E-state index contributed by atoms with van der Waals surface area (Å²) in [5.41, 5.74) is 10.1. The van der Waals surface area contributed by atoms with Crippen molar-refractivity contribution in [2.24, 2.45) is 18.5 Å². The van der Waals surface area contributed by atoms with Gasteiger partial charge in [0.05, 0.1) is 5.54 Å². The average molecular weight is 257 g/mol. The van der Waals surface area contributed by atoms with Crippen molar-refractivity contribution in [3.05, 3.63) is 5.82 Å². The molecule has 0 saturated heterocycles. The van der Waals surface area contributed by atoms with Gasteiger partial charge in [0, 0.05) is 12.3 Å². The van der Waals surface area contributed by atoms with E-state index >= 15 is 0 Å². The summed E-state index contributed by atoms with van der Waals surface area (Å²) in [6.45, 7) is 5.52. The Morgan fingerprint density at radius 3 is 2.59 bits per heavy atom. The average Bonchev–Trinajstić information content (AvgIpc) is 2.48. The lowest BCUT2D eigenvalue weighted by Gasteiger charge is -2.23. The Morgan fingerprint density at radius 2 is 2.18 bits per heavy atom. The number of aryl methyl sites for hydroxylation is 1. The molecule has 1 amide bonds. The van der Waals surface area contributed by atoms with Crippen molar-refractivity contribution in [3.63, 3.8) is 0 Å². The van der Waals surface area contributed by atoms with E-state index in [0.29, 0.717) is 6.42 Å². The van der Waals surface area contributed by atoms with Gasteiger partial charge in [-0.25, -0.2) is 0 Å². The van der Waals surface area contributed by atoms with Gasteiger partial charge in [0.1, 0.15) is 5.82 Å². The van der Waals surface area contributed by atoms with Gasteiger partial charge in [0.25, 0.3) is 0 Å². The Morgan fingerprint density at radius 1 is 1.59 bits per heavy atom. The maximum atomic E-state index is 11.1. The zero-order valence-corrected chi connectivity index (χ0v) is 11.4. The summed E-state index contributed by atoms with van der Waals surface area (Å²) in [6, 6.07) is 0. The van der Waals surface area contributed by atoms with Gasteiger partial charge in [0.15, 0.2) is 5.16 Å². The Balaban J connectivity index is 2.65. The first-order valence-corrected chi connectivity index (χ1v) is 6.23. The second-order valence-corrected chi connectivity index (χ2v) is 5.91. The molecule has 17 heavy (non-hydrogen) atoms. The zero-order valence-electron chi connectivity index (χ0n) is 10.6. The lowest BCUT2D eigenvalue weighted by atomic mass is 9.97. The molecule has 96 valence electrons. The maximum absolute atomic E-state index is 11.1. The molecular formula is C10H19N5OS. The van der Waals surface area contributed by atoms with E-state index in [1.54, 1.807) is 6.92 Å². The molecule has 0 radical (unpaired) electrons. The number of aromatic nitrogens is 3. The first kappa shape index (κ1) is 14.0. The van der Waals surface area contributed by atoms with Gasteiger partial charge in [-0.05, 0) is 20.3 Å². The van der Waals surface area contributed by atoms with Crippen LogP contribution in [-0.4, -0.2) is 31.5 Å². The smallest absolute Gasteiger partial charge is 0.237 e. The molecule has 1 aromatic rings. The van der Waals surface area contributed by atoms with Crippen LogP contribution < -0.4 is 11.5 Å². The number of nitrogens with two attached hydrogens (primary N) is 2. The van der Waals surface area contributed by atoms with Gasteiger partial charge in [0.2, 0.25) is 5.91 Å². The summed E-state index contributed by atoms with van der Waals surface area (Å²) in [4.78, 5) is 11.1. The van der Waals surface area contributed by atoms with Gasteiger partial charge in [-0.3, -0.25) is 4.79 Å². The van der Waals surface area contributed by atoms with Gasteiger partial charge in [-0.1, -0.05) is 18.7 Å². The summed E-state index contributed by atoms with van der Waals surface area (Å²) < 4.78 is 1.90. The maximum Gasteiger partial charge on any atom is 0.237 e. The summed E-state index contributed by atoms with van der Waals surface area (Å²) in [5, 5.41) is 8.97. The van der Waals surface area contributed by atoms with Crippen molar-refractivity contribution in [2.75, 3.05) is 0 Å². The van der Waals surface area contributed by atoms with E-state index in [0.717, 1.165) is 11.0 Å². The third kappa shape index (κ3) is 3.44. The van der Waals surface area contributed by atoms with E-state index in [1.165, 1.54) is 11.8 Å². The zero-order chi connectivity index (χ0) is 13.2. The summed E-state index contributed by atoms with van der Waals surface area (Å²) in [7, 11) is 1.90. The highest BCUT2D eigenvalue weighted by Crippen LogP contribution is 2.26. The number of carbonyl (C=O) groups is 1. The Hall–Kier alpha value is -1.08. The van der Waals surface area contributed by atoms with Gasteiger partial charge in [-0.15, -0.1) is 10.2 Å². The third-order valence-corrected chi connectivity index (χ3v) is 3.77. The molecule has 2 atom stereocenters. The minimum absolute atomic E-state index is 0.139. The molecule has 0 saturated carbocycles. The van der Waals surface area contributed by atoms with E-state index in [4.69, 9.17) is 11.5 Å². The normalized spacial score (nSPS) is 16.5. The predicted molar refractivity (Wildman–Crippen MR) is 67.5 cm³/mol. The molecule has 7 heteroatoms. The van der Waals surface area contributed by atoms with Crippen molar-refractivity contribution in [1.29, 1.82) is 0 Å². The standard InChI is InChI=1S/C10H19N5OS/c1-6(5-10(3,12)8(11)16)17-9-14-13-7(2)15(9)4/h6H,5,12H2,1-4H3,(H2,11,16). The van der Waals surface area contributed by atoms with Crippen molar-refractivity contribution in [2.45, 2.75) is 43.1 Å². The van der Waals surface area contributed by atoms with Crippen LogP contribution in [0.2, 0.25) is 0 Å². The highest BCUT2D eigenvalue weighted by molar-refractivity contribution is 7.99. The molecular weight excluding hydrogens is 238 g/mol. The van der Waals surface area contributed by atoms with E-state index in [2.05, 4.69) is 10.2 Å². The largest absolute Gasteiger partial charge is 0.368 e. The summed E-state index contributed by atoms with van der Waals surface area (Å²) in [6.07, 6.45) is 0.499. The number of primary amides is 1. The minimum atomic E-state index is -0.986. The minimum Gasteiger partial charge on any atom is -0.368 e. The molecule has 0 aliphatic rings. The quantitative estimate of drug-likeness (QED) is 0.734. The topological polar surface area (TPSA) is 99.8 Å². The Labute approximate surface area is 105 Å². The molecule has 0 aliphatic heterocycles.